The van der Waals surface area contributed by atoms with Crippen LogP contribution in [-0.2, 0) is 11.2 Å². The number of nitrogens with zero attached hydrogens (tertiary/aromatic N) is 3. The molecule has 2 aromatic heterocycles. The van der Waals surface area contributed by atoms with Gasteiger partial charge in [0.1, 0.15) is 4.34 Å². The Morgan fingerprint density at radius 3 is 2.75 bits per heavy atom. The van der Waals surface area contributed by atoms with Gasteiger partial charge in [0.15, 0.2) is 4.34 Å². The molecule has 0 aliphatic heterocycles. The third-order valence-electron chi connectivity index (χ3n) is 2.29. The molecule has 108 valence electrons. The molecule has 9 heteroatoms. The van der Waals surface area contributed by atoms with Gasteiger partial charge >= 0.3 is 0 Å². The van der Waals surface area contributed by atoms with Crippen LogP contribution in [0, 0.1) is 6.92 Å². The number of amides is 1. The molecule has 2 aromatic rings. The number of nitrogens with one attached hydrogen (secondary N) is 1. The molecule has 0 aliphatic carbocycles. The Balaban J connectivity index is 1.95. The van der Waals surface area contributed by atoms with Crippen molar-refractivity contribution in [1.82, 2.24) is 15.2 Å². The maximum atomic E-state index is 12.0. The lowest BCUT2D eigenvalue weighted by Gasteiger charge is -1.99. The number of anilines is 1. The van der Waals surface area contributed by atoms with E-state index in [2.05, 4.69) is 27.4 Å². The third-order valence-corrected chi connectivity index (χ3v) is 6.29. The van der Waals surface area contributed by atoms with E-state index >= 15 is 0 Å². The number of carbonyl (C=O) groups is 1. The van der Waals surface area contributed by atoms with E-state index in [1.165, 1.54) is 11.3 Å². The molecule has 0 fully saturated rings. The molecule has 0 aromatic carbocycles. The van der Waals surface area contributed by atoms with Crippen LogP contribution in [0.15, 0.2) is 8.68 Å². The lowest BCUT2D eigenvalue weighted by molar-refractivity contribution is -0.115. The fraction of sp³-hybridized carbons (Fsp3) is 0.455. The fourth-order valence-corrected chi connectivity index (χ4v) is 4.72. The molecular weight excluding hydrogens is 332 g/mol. The van der Waals surface area contributed by atoms with E-state index in [0.29, 0.717) is 11.6 Å². The normalized spacial score (nSPS) is 10.8. The van der Waals surface area contributed by atoms with Crippen molar-refractivity contribution in [2.45, 2.75) is 28.9 Å². The summed E-state index contributed by atoms with van der Waals surface area (Å²) in [6.07, 6.45) is 2.32. The van der Waals surface area contributed by atoms with Crippen molar-refractivity contribution < 1.29 is 4.79 Å². The predicted octanol–water partition coefficient (Wildman–Crippen LogP) is 3.32. The van der Waals surface area contributed by atoms with Crippen molar-refractivity contribution in [3.8, 4) is 0 Å². The van der Waals surface area contributed by atoms with Crippen LogP contribution in [-0.4, -0.2) is 33.1 Å². The van der Waals surface area contributed by atoms with Crippen LogP contribution in [0.3, 0.4) is 0 Å². The molecule has 2 rings (SSSR count). The van der Waals surface area contributed by atoms with Crippen molar-refractivity contribution in [2.24, 2.45) is 0 Å². The zero-order valence-electron chi connectivity index (χ0n) is 11.3. The van der Waals surface area contributed by atoms with E-state index in [9.17, 15) is 4.79 Å². The molecule has 1 amide bonds. The molecule has 0 radical (unpaired) electrons. The van der Waals surface area contributed by atoms with Gasteiger partial charge in [-0.05, 0) is 18.9 Å². The summed E-state index contributed by atoms with van der Waals surface area (Å²) in [4.78, 5) is 17.4. The molecule has 0 saturated carbocycles. The zero-order valence-corrected chi connectivity index (χ0v) is 14.6. The molecule has 0 saturated heterocycles. The van der Waals surface area contributed by atoms with Gasteiger partial charge in [-0.25, -0.2) is 4.98 Å². The van der Waals surface area contributed by atoms with Gasteiger partial charge in [0.25, 0.3) is 0 Å². The number of aromatic nitrogens is 3. The third kappa shape index (κ3) is 4.18. The number of thiazole rings is 1. The molecular formula is C11H14N4OS4. The standard InChI is InChI=1S/C11H14N4OS4/c1-4-18-11-15-14-9(20-11)13-8(16)5-7-6(2)12-10(17-3)19-7/h4-5H2,1-3H3,(H,13,14,16). The van der Waals surface area contributed by atoms with Crippen LogP contribution in [0.5, 0.6) is 0 Å². The summed E-state index contributed by atoms with van der Waals surface area (Å²) in [6, 6.07) is 0. The largest absolute Gasteiger partial charge is 0.300 e. The summed E-state index contributed by atoms with van der Waals surface area (Å²) in [5.74, 6) is 0.869. The molecule has 2 heterocycles. The Hall–Kier alpha value is -0.640. The van der Waals surface area contributed by atoms with E-state index in [0.717, 1.165) is 25.0 Å². The second-order valence-corrected chi connectivity index (χ2v) is 8.35. The van der Waals surface area contributed by atoms with Gasteiger partial charge in [0.05, 0.1) is 12.1 Å². The number of rotatable bonds is 6. The molecule has 0 unspecified atom stereocenters. The van der Waals surface area contributed by atoms with Crippen molar-refractivity contribution in [1.29, 1.82) is 0 Å². The van der Waals surface area contributed by atoms with E-state index in [1.807, 2.05) is 13.2 Å². The lowest BCUT2D eigenvalue weighted by atomic mass is 10.3. The first kappa shape index (κ1) is 15.7. The number of aryl methyl sites for hydroxylation is 1. The average molecular weight is 347 g/mol. The molecule has 1 N–H and O–H groups in total. The topological polar surface area (TPSA) is 67.8 Å². The first-order chi connectivity index (χ1) is 9.62. The van der Waals surface area contributed by atoms with Crippen LogP contribution in [0.1, 0.15) is 17.5 Å². The van der Waals surface area contributed by atoms with Crippen LogP contribution >= 0.6 is 46.2 Å². The Labute approximate surface area is 134 Å². The average Bonchev–Trinajstić information content (AvgIpc) is 2.98. The molecule has 5 nitrogen and oxygen atoms in total. The van der Waals surface area contributed by atoms with E-state index in [4.69, 9.17) is 0 Å². The van der Waals surface area contributed by atoms with Gasteiger partial charge < -0.3 is 5.32 Å². The quantitative estimate of drug-likeness (QED) is 0.639. The molecule has 0 bridgehead atoms. The SMILES string of the molecule is CCSc1nnc(NC(=O)Cc2sc(SC)nc2C)s1. The lowest BCUT2D eigenvalue weighted by Crippen LogP contribution is -2.14. The van der Waals surface area contributed by atoms with Crippen molar-refractivity contribution in [3.63, 3.8) is 0 Å². The second-order valence-electron chi connectivity index (χ2n) is 3.72. The minimum atomic E-state index is -0.0754. The highest BCUT2D eigenvalue weighted by molar-refractivity contribution is 8.01. The van der Waals surface area contributed by atoms with Crippen LogP contribution < -0.4 is 5.32 Å². The molecule has 0 atom stereocenters. The molecule has 0 aliphatic rings. The van der Waals surface area contributed by atoms with Gasteiger partial charge in [0, 0.05) is 4.88 Å². The first-order valence-electron chi connectivity index (χ1n) is 5.88. The number of hydrogen-bond donors (Lipinski definition) is 1. The summed E-state index contributed by atoms with van der Waals surface area (Å²) < 4.78 is 1.87. The number of hydrogen-bond acceptors (Lipinski definition) is 8. The van der Waals surface area contributed by atoms with Crippen molar-refractivity contribution in [3.05, 3.63) is 10.6 Å². The molecule has 20 heavy (non-hydrogen) atoms. The number of thioether (sulfide) groups is 2. The Bertz CT molecular complexity index is 595. The van der Waals surface area contributed by atoms with Crippen LogP contribution in [0.2, 0.25) is 0 Å². The maximum Gasteiger partial charge on any atom is 0.231 e. The van der Waals surface area contributed by atoms with Crippen LogP contribution in [0.25, 0.3) is 0 Å². The van der Waals surface area contributed by atoms with Gasteiger partial charge in [-0.2, -0.15) is 0 Å². The minimum Gasteiger partial charge on any atom is -0.300 e. The van der Waals surface area contributed by atoms with Gasteiger partial charge in [-0.1, -0.05) is 41.8 Å². The molecule has 0 spiro atoms. The van der Waals surface area contributed by atoms with Crippen LogP contribution in [0.4, 0.5) is 5.13 Å². The van der Waals surface area contributed by atoms with E-state index < -0.39 is 0 Å². The smallest absolute Gasteiger partial charge is 0.231 e. The summed E-state index contributed by atoms with van der Waals surface area (Å²) in [7, 11) is 0. The van der Waals surface area contributed by atoms with Crippen molar-refractivity contribution >= 4 is 57.2 Å². The fourth-order valence-electron chi connectivity index (χ4n) is 1.40. The Kier molecular flexibility index (Phi) is 5.82. The predicted molar refractivity (Wildman–Crippen MR) is 87.3 cm³/mol. The van der Waals surface area contributed by atoms with Crippen molar-refractivity contribution in [2.75, 3.05) is 17.3 Å². The highest BCUT2D eigenvalue weighted by atomic mass is 32.2. The summed E-state index contributed by atoms with van der Waals surface area (Å²) in [6.45, 7) is 3.99. The van der Waals surface area contributed by atoms with Gasteiger partial charge in [0.2, 0.25) is 11.0 Å². The second kappa shape index (κ2) is 7.39. The summed E-state index contributed by atoms with van der Waals surface area (Å²) >= 11 is 6.18. The number of carbonyl (C=O) groups excluding carboxylic acids is 1. The Morgan fingerprint density at radius 2 is 2.10 bits per heavy atom. The summed E-state index contributed by atoms with van der Waals surface area (Å²) in [5, 5.41) is 11.3. The minimum absolute atomic E-state index is 0.0754. The van der Waals surface area contributed by atoms with E-state index in [-0.39, 0.29) is 5.91 Å². The maximum absolute atomic E-state index is 12.0. The highest BCUT2D eigenvalue weighted by Crippen LogP contribution is 2.27. The van der Waals surface area contributed by atoms with Gasteiger partial charge in [-0.3, -0.25) is 4.79 Å². The first-order valence-corrected chi connectivity index (χ1v) is 9.73. The van der Waals surface area contributed by atoms with Gasteiger partial charge in [-0.15, -0.1) is 21.5 Å². The zero-order chi connectivity index (χ0) is 14.5. The highest BCUT2D eigenvalue weighted by Gasteiger charge is 2.13. The van der Waals surface area contributed by atoms with E-state index in [1.54, 1.807) is 34.9 Å². The monoisotopic (exact) mass is 346 g/mol. The Morgan fingerprint density at radius 1 is 1.30 bits per heavy atom. The summed E-state index contributed by atoms with van der Waals surface area (Å²) in [5.41, 5.74) is 0.925.